The Morgan fingerprint density at radius 1 is 0.939 bits per heavy atom. The number of hydrogen-bond donors (Lipinski definition) is 2. The maximum absolute atomic E-state index is 12.7. The molecule has 8 heteroatoms. The van der Waals surface area contributed by atoms with E-state index in [1.165, 1.54) is 11.8 Å². The van der Waals surface area contributed by atoms with E-state index in [2.05, 4.69) is 10.6 Å². The zero-order valence-electron chi connectivity index (χ0n) is 18.6. The fourth-order valence-corrected chi connectivity index (χ4v) is 4.00. The number of carbonyl (C=O) groups excluding carboxylic acids is 2. The van der Waals surface area contributed by atoms with Crippen LogP contribution >= 0.6 is 23.4 Å². The van der Waals surface area contributed by atoms with Crippen LogP contribution in [0.2, 0.25) is 5.02 Å². The molecule has 2 N–H and O–H groups in total. The van der Waals surface area contributed by atoms with Gasteiger partial charge < -0.3 is 20.1 Å². The highest BCUT2D eigenvalue weighted by Crippen LogP contribution is 2.31. The van der Waals surface area contributed by atoms with Crippen LogP contribution in [0.1, 0.15) is 12.5 Å². The maximum Gasteiger partial charge on any atom is 0.237 e. The summed E-state index contributed by atoms with van der Waals surface area (Å²) in [6.07, 6.45) is 0.264. The molecule has 0 saturated carbocycles. The van der Waals surface area contributed by atoms with Gasteiger partial charge in [0.1, 0.15) is 11.5 Å². The summed E-state index contributed by atoms with van der Waals surface area (Å²) in [7, 11) is 3.11. The molecule has 33 heavy (non-hydrogen) atoms. The summed E-state index contributed by atoms with van der Waals surface area (Å²) in [5.74, 6) is 0.911. The lowest BCUT2D eigenvalue weighted by Gasteiger charge is -2.15. The second-order valence-electron chi connectivity index (χ2n) is 7.19. The van der Waals surface area contributed by atoms with Gasteiger partial charge in [-0.3, -0.25) is 9.59 Å². The molecule has 3 rings (SSSR count). The third-order valence-electron chi connectivity index (χ3n) is 4.76. The Bertz CT molecular complexity index is 1100. The Morgan fingerprint density at radius 2 is 1.64 bits per heavy atom. The van der Waals surface area contributed by atoms with Crippen molar-refractivity contribution in [2.75, 3.05) is 24.9 Å². The van der Waals surface area contributed by atoms with E-state index < -0.39 is 0 Å². The third kappa shape index (κ3) is 7.17. The third-order valence-corrected chi connectivity index (χ3v) is 6.13. The van der Waals surface area contributed by atoms with Crippen molar-refractivity contribution in [3.63, 3.8) is 0 Å². The van der Waals surface area contributed by atoms with E-state index in [0.29, 0.717) is 27.9 Å². The molecule has 0 saturated heterocycles. The van der Waals surface area contributed by atoms with Gasteiger partial charge in [0.25, 0.3) is 0 Å². The highest BCUT2D eigenvalue weighted by atomic mass is 35.5. The number of hydrogen-bond acceptors (Lipinski definition) is 5. The summed E-state index contributed by atoms with van der Waals surface area (Å²) in [5, 5.41) is 6.06. The van der Waals surface area contributed by atoms with Crippen LogP contribution in [0.3, 0.4) is 0 Å². The Kier molecular flexibility index (Phi) is 8.63. The van der Waals surface area contributed by atoms with Crippen molar-refractivity contribution in [1.29, 1.82) is 0 Å². The van der Waals surface area contributed by atoms with Crippen molar-refractivity contribution in [3.8, 4) is 11.5 Å². The van der Waals surface area contributed by atoms with Gasteiger partial charge in [-0.05, 0) is 61.0 Å². The van der Waals surface area contributed by atoms with Gasteiger partial charge in [-0.1, -0.05) is 23.7 Å². The molecule has 0 spiro atoms. The molecule has 0 aromatic heterocycles. The van der Waals surface area contributed by atoms with Crippen LogP contribution in [0.15, 0.2) is 71.6 Å². The average molecular weight is 485 g/mol. The molecule has 1 unspecified atom stereocenters. The van der Waals surface area contributed by atoms with Gasteiger partial charge in [0.2, 0.25) is 11.8 Å². The highest BCUT2D eigenvalue weighted by Gasteiger charge is 2.17. The number of thioether (sulfide) groups is 1. The summed E-state index contributed by atoms with van der Waals surface area (Å²) < 4.78 is 10.5. The standard InChI is InChI=1S/C25H25ClN2O4S/c1-16(25(30)28-22-13-10-20(31-2)15-23(22)32-3)33-21-11-8-19(9-12-21)27-24(29)14-17-4-6-18(26)7-5-17/h4-13,15-16H,14H2,1-3H3,(H,27,29)(H,28,30). The summed E-state index contributed by atoms with van der Waals surface area (Å²) in [6, 6.07) is 19.8. The van der Waals surface area contributed by atoms with E-state index in [4.69, 9.17) is 21.1 Å². The van der Waals surface area contributed by atoms with Crippen LogP contribution in [0.4, 0.5) is 11.4 Å². The SMILES string of the molecule is COc1ccc(NC(=O)C(C)Sc2ccc(NC(=O)Cc3ccc(Cl)cc3)cc2)c(OC)c1. The minimum Gasteiger partial charge on any atom is -0.497 e. The topological polar surface area (TPSA) is 76.7 Å². The first-order valence-corrected chi connectivity index (χ1v) is 11.5. The highest BCUT2D eigenvalue weighted by molar-refractivity contribution is 8.00. The van der Waals surface area contributed by atoms with E-state index in [-0.39, 0.29) is 23.5 Å². The van der Waals surface area contributed by atoms with Gasteiger partial charge in [-0.15, -0.1) is 11.8 Å². The molecule has 3 aromatic carbocycles. The van der Waals surface area contributed by atoms with Crippen molar-refractivity contribution >= 4 is 46.6 Å². The molecule has 172 valence electrons. The van der Waals surface area contributed by atoms with Crippen molar-refractivity contribution in [3.05, 3.63) is 77.3 Å². The van der Waals surface area contributed by atoms with E-state index in [1.54, 1.807) is 44.6 Å². The molecule has 0 aliphatic rings. The van der Waals surface area contributed by atoms with Crippen molar-refractivity contribution in [1.82, 2.24) is 0 Å². The smallest absolute Gasteiger partial charge is 0.237 e. The molecule has 1 atom stereocenters. The number of halogens is 1. The molecule has 0 bridgehead atoms. The largest absolute Gasteiger partial charge is 0.497 e. The zero-order valence-corrected chi connectivity index (χ0v) is 20.1. The molecule has 0 radical (unpaired) electrons. The Labute approximate surface area is 202 Å². The zero-order chi connectivity index (χ0) is 23.8. The fourth-order valence-electron chi connectivity index (χ4n) is 3.00. The number of carbonyl (C=O) groups is 2. The Balaban J connectivity index is 1.54. The number of rotatable bonds is 9. The lowest BCUT2D eigenvalue weighted by molar-refractivity contribution is -0.116. The number of anilines is 2. The summed E-state index contributed by atoms with van der Waals surface area (Å²) in [4.78, 5) is 25.8. The number of amides is 2. The second kappa shape index (κ2) is 11.6. The number of methoxy groups -OCH3 is 2. The van der Waals surface area contributed by atoms with Crippen molar-refractivity contribution < 1.29 is 19.1 Å². The van der Waals surface area contributed by atoms with Gasteiger partial charge >= 0.3 is 0 Å². The molecule has 6 nitrogen and oxygen atoms in total. The van der Waals surface area contributed by atoms with E-state index in [1.807, 2.05) is 43.3 Å². The van der Waals surface area contributed by atoms with Gasteiger partial charge in [0, 0.05) is 21.7 Å². The quantitative estimate of drug-likeness (QED) is 0.383. The normalized spacial score (nSPS) is 11.4. The molecule has 0 fully saturated rings. The van der Waals surface area contributed by atoms with Crippen LogP contribution in [-0.2, 0) is 16.0 Å². The predicted octanol–water partition coefficient (Wildman–Crippen LogP) is 5.66. The first kappa shape index (κ1) is 24.5. The molecule has 0 aliphatic heterocycles. The number of nitrogens with one attached hydrogen (secondary N) is 2. The minimum absolute atomic E-state index is 0.112. The first-order chi connectivity index (χ1) is 15.9. The van der Waals surface area contributed by atoms with Gasteiger partial charge in [0.05, 0.1) is 31.6 Å². The molecule has 2 amide bonds. The first-order valence-electron chi connectivity index (χ1n) is 10.2. The Morgan fingerprint density at radius 3 is 2.27 bits per heavy atom. The second-order valence-corrected chi connectivity index (χ2v) is 9.04. The minimum atomic E-state index is -0.345. The van der Waals surface area contributed by atoms with E-state index in [9.17, 15) is 9.59 Å². The molecular formula is C25H25ClN2O4S. The average Bonchev–Trinajstić information content (AvgIpc) is 2.82. The molecular weight excluding hydrogens is 460 g/mol. The summed E-state index contributed by atoms with van der Waals surface area (Å²) >= 11 is 7.30. The van der Waals surface area contributed by atoms with Gasteiger partial charge in [-0.2, -0.15) is 0 Å². The molecule has 0 heterocycles. The van der Waals surface area contributed by atoms with Crippen LogP contribution in [0.25, 0.3) is 0 Å². The molecule has 0 aliphatic carbocycles. The van der Waals surface area contributed by atoms with E-state index in [0.717, 1.165) is 10.5 Å². The lowest BCUT2D eigenvalue weighted by Crippen LogP contribution is -2.22. The number of benzene rings is 3. The van der Waals surface area contributed by atoms with E-state index >= 15 is 0 Å². The Hall–Kier alpha value is -3.16. The van der Waals surface area contributed by atoms with Crippen LogP contribution in [0.5, 0.6) is 11.5 Å². The van der Waals surface area contributed by atoms with Crippen LogP contribution in [-0.4, -0.2) is 31.3 Å². The summed E-state index contributed by atoms with van der Waals surface area (Å²) in [6.45, 7) is 1.83. The van der Waals surface area contributed by atoms with Gasteiger partial charge in [0.15, 0.2) is 0 Å². The fraction of sp³-hybridized carbons (Fsp3) is 0.200. The molecule has 3 aromatic rings. The van der Waals surface area contributed by atoms with Crippen LogP contribution in [0, 0.1) is 0 Å². The van der Waals surface area contributed by atoms with Crippen molar-refractivity contribution in [2.45, 2.75) is 23.5 Å². The maximum atomic E-state index is 12.7. The van der Waals surface area contributed by atoms with Crippen LogP contribution < -0.4 is 20.1 Å². The lowest BCUT2D eigenvalue weighted by atomic mass is 10.1. The summed E-state index contributed by atoms with van der Waals surface area (Å²) in [5.41, 5.74) is 2.16. The van der Waals surface area contributed by atoms with Crippen molar-refractivity contribution in [2.24, 2.45) is 0 Å². The van der Waals surface area contributed by atoms with Gasteiger partial charge in [-0.25, -0.2) is 0 Å². The number of ether oxygens (including phenoxy) is 2. The predicted molar refractivity (Wildman–Crippen MR) is 134 cm³/mol. The monoisotopic (exact) mass is 484 g/mol.